The first-order chi connectivity index (χ1) is 9.47. The van der Waals surface area contributed by atoms with Gasteiger partial charge in [0.05, 0.1) is 20.0 Å². The number of methoxy groups -OCH3 is 2. The molecule has 0 aromatic heterocycles. The molecule has 0 saturated carbocycles. The average molecular weight is 301 g/mol. The van der Waals surface area contributed by atoms with Gasteiger partial charge < -0.3 is 14.8 Å². The lowest BCUT2D eigenvalue weighted by Crippen LogP contribution is -2.28. The lowest BCUT2D eigenvalue weighted by atomic mass is 10.1. The Morgan fingerprint density at radius 3 is 2.30 bits per heavy atom. The minimum atomic E-state index is -3.06. The van der Waals surface area contributed by atoms with E-state index in [0.29, 0.717) is 18.0 Å². The Morgan fingerprint density at radius 2 is 1.80 bits per heavy atom. The van der Waals surface area contributed by atoms with E-state index in [1.54, 1.807) is 27.2 Å². The minimum Gasteiger partial charge on any atom is -0.493 e. The molecule has 114 valence electrons. The molecule has 0 aliphatic rings. The van der Waals surface area contributed by atoms with Gasteiger partial charge in [-0.3, -0.25) is 0 Å². The van der Waals surface area contributed by atoms with Gasteiger partial charge in [0, 0.05) is 11.8 Å². The second-order valence-corrected chi connectivity index (χ2v) is 6.82. The molecule has 0 aliphatic heterocycles. The molecule has 0 fully saturated rings. The van der Waals surface area contributed by atoms with Crippen LogP contribution in [0.1, 0.15) is 25.5 Å². The summed E-state index contributed by atoms with van der Waals surface area (Å²) in [6.07, 6.45) is 0. The van der Waals surface area contributed by atoms with Crippen LogP contribution in [-0.2, 0) is 9.84 Å². The number of benzene rings is 1. The summed E-state index contributed by atoms with van der Waals surface area (Å²) in [5, 5.41) is 3.20. The van der Waals surface area contributed by atoms with Crippen LogP contribution in [0.15, 0.2) is 18.2 Å². The van der Waals surface area contributed by atoms with E-state index in [4.69, 9.17) is 9.47 Å². The standard InChI is InChI=1S/C14H23NO4S/c1-5-15-12(10-20(16,17)6-2)11-7-8-13(18-3)14(9-11)19-4/h7-9,12,15H,5-6,10H2,1-4H3. The zero-order valence-corrected chi connectivity index (χ0v) is 13.3. The molecular weight excluding hydrogens is 278 g/mol. The van der Waals surface area contributed by atoms with Crippen LogP contribution in [0.3, 0.4) is 0 Å². The molecule has 1 unspecified atom stereocenters. The summed E-state index contributed by atoms with van der Waals surface area (Å²) in [5.41, 5.74) is 0.876. The van der Waals surface area contributed by atoms with E-state index in [0.717, 1.165) is 5.56 Å². The van der Waals surface area contributed by atoms with Gasteiger partial charge >= 0.3 is 0 Å². The van der Waals surface area contributed by atoms with Crippen LogP contribution < -0.4 is 14.8 Å². The summed E-state index contributed by atoms with van der Waals surface area (Å²) in [6, 6.07) is 5.22. The first kappa shape index (κ1) is 16.8. The number of hydrogen-bond acceptors (Lipinski definition) is 5. The Labute approximate surface area is 121 Å². The van der Waals surface area contributed by atoms with Crippen molar-refractivity contribution in [1.29, 1.82) is 0 Å². The van der Waals surface area contributed by atoms with Crippen molar-refractivity contribution >= 4 is 9.84 Å². The first-order valence-electron chi connectivity index (χ1n) is 6.63. The zero-order chi connectivity index (χ0) is 15.2. The Kier molecular flexibility index (Phi) is 6.29. The first-order valence-corrected chi connectivity index (χ1v) is 8.45. The molecule has 0 aliphatic carbocycles. The van der Waals surface area contributed by atoms with E-state index < -0.39 is 9.84 Å². The smallest absolute Gasteiger partial charge is 0.161 e. The van der Waals surface area contributed by atoms with Crippen molar-refractivity contribution in [2.24, 2.45) is 0 Å². The Bertz CT molecular complexity index is 528. The van der Waals surface area contributed by atoms with Crippen molar-refractivity contribution in [1.82, 2.24) is 5.32 Å². The molecule has 1 rings (SSSR count). The molecule has 6 heteroatoms. The topological polar surface area (TPSA) is 64.6 Å². The highest BCUT2D eigenvalue weighted by molar-refractivity contribution is 7.91. The van der Waals surface area contributed by atoms with Crippen LogP contribution in [0, 0.1) is 0 Å². The van der Waals surface area contributed by atoms with Crippen LogP contribution in [0.4, 0.5) is 0 Å². The summed E-state index contributed by atoms with van der Waals surface area (Å²) in [5.74, 6) is 1.45. The summed E-state index contributed by atoms with van der Waals surface area (Å²) in [6.45, 7) is 4.30. The van der Waals surface area contributed by atoms with Gasteiger partial charge in [-0.1, -0.05) is 19.9 Å². The fourth-order valence-electron chi connectivity index (χ4n) is 1.96. The summed E-state index contributed by atoms with van der Waals surface area (Å²) in [4.78, 5) is 0. The number of ether oxygens (including phenoxy) is 2. The van der Waals surface area contributed by atoms with Gasteiger partial charge in [-0.2, -0.15) is 0 Å². The van der Waals surface area contributed by atoms with Crippen molar-refractivity contribution in [3.8, 4) is 11.5 Å². The van der Waals surface area contributed by atoms with Gasteiger partial charge in [-0.25, -0.2) is 8.42 Å². The second kappa shape index (κ2) is 7.50. The highest BCUT2D eigenvalue weighted by atomic mass is 32.2. The van der Waals surface area contributed by atoms with Crippen molar-refractivity contribution in [3.05, 3.63) is 23.8 Å². The van der Waals surface area contributed by atoms with Gasteiger partial charge in [0.25, 0.3) is 0 Å². The van der Waals surface area contributed by atoms with Gasteiger partial charge in [0.1, 0.15) is 0 Å². The number of sulfone groups is 1. The molecular formula is C14H23NO4S. The number of nitrogens with one attached hydrogen (secondary N) is 1. The lowest BCUT2D eigenvalue weighted by Gasteiger charge is -2.19. The zero-order valence-electron chi connectivity index (χ0n) is 12.5. The molecule has 1 aromatic carbocycles. The number of rotatable bonds is 8. The summed E-state index contributed by atoms with van der Waals surface area (Å²) >= 11 is 0. The predicted molar refractivity (Wildman–Crippen MR) is 80.3 cm³/mol. The fourth-order valence-corrected chi connectivity index (χ4v) is 3.01. The monoisotopic (exact) mass is 301 g/mol. The van der Waals surface area contributed by atoms with E-state index in [2.05, 4.69) is 5.32 Å². The van der Waals surface area contributed by atoms with Crippen LogP contribution in [-0.4, -0.2) is 40.7 Å². The predicted octanol–water partition coefficient (Wildman–Crippen LogP) is 1.79. The third kappa shape index (κ3) is 4.38. The largest absolute Gasteiger partial charge is 0.493 e. The summed E-state index contributed by atoms with van der Waals surface area (Å²) < 4.78 is 34.1. The average Bonchev–Trinajstić information content (AvgIpc) is 2.46. The SMILES string of the molecule is CCNC(CS(=O)(=O)CC)c1ccc(OC)c(OC)c1. The molecule has 5 nitrogen and oxygen atoms in total. The molecule has 20 heavy (non-hydrogen) atoms. The maximum Gasteiger partial charge on any atom is 0.161 e. The Hall–Kier alpha value is -1.27. The Balaban J connectivity index is 3.08. The molecule has 0 radical (unpaired) electrons. The fraction of sp³-hybridized carbons (Fsp3) is 0.571. The maximum absolute atomic E-state index is 11.8. The highest BCUT2D eigenvalue weighted by Crippen LogP contribution is 2.30. The molecule has 1 atom stereocenters. The van der Waals surface area contributed by atoms with E-state index in [9.17, 15) is 8.42 Å². The third-order valence-corrected chi connectivity index (χ3v) is 4.84. The van der Waals surface area contributed by atoms with Gasteiger partial charge in [0.15, 0.2) is 21.3 Å². The highest BCUT2D eigenvalue weighted by Gasteiger charge is 2.20. The number of hydrogen-bond donors (Lipinski definition) is 1. The van der Waals surface area contributed by atoms with Crippen LogP contribution in [0.5, 0.6) is 11.5 Å². The van der Waals surface area contributed by atoms with Crippen molar-refractivity contribution in [2.75, 3.05) is 32.3 Å². The molecule has 1 N–H and O–H groups in total. The van der Waals surface area contributed by atoms with Crippen molar-refractivity contribution in [2.45, 2.75) is 19.9 Å². The van der Waals surface area contributed by atoms with Gasteiger partial charge in [-0.15, -0.1) is 0 Å². The lowest BCUT2D eigenvalue weighted by molar-refractivity contribution is 0.354. The van der Waals surface area contributed by atoms with Crippen LogP contribution in [0.25, 0.3) is 0 Å². The normalized spacial score (nSPS) is 13.0. The van der Waals surface area contributed by atoms with E-state index >= 15 is 0 Å². The van der Waals surface area contributed by atoms with Gasteiger partial charge in [-0.05, 0) is 24.2 Å². The molecule has 0 amide bonds. The van der Waals surface area contributed by atoms with E-state index in [1.165, 1.54) is 0 Å². The second-order valence-electron chi connectivity index (χ2n) is 4.42. The maximum atomic E-state index is 11.8. The van der Waals surface area contributed by atoms with E-state index in [-0.39, 0.29) is 17.5 Å². The van der Waals surface area contributed by atoms with Crippen molar-refractivity contribution < 1.29 is 17.9 Å². The van der Waals surface area contributed by atoms with Gasteiger partial charge in [0.2, 0.25) is 0 Å². The van der Waals surface area contributed by atoms with Crippen LogP contribution in [0.2, 0.25) is 0 Å². The molecule has 0 bridgehead atoms. The third-order valence-electron chi connectivity index (χ3n) is 3.12. The molecule has 0 spiro atoms. The quantitative estimate of drug-likeness (QED) is 0.793. The van der Waals surface area contributed by atoms with E-state index in [1.807, 2.05) is 19.1 Å². The summed E-state index contributed by atoms with van der Waals surface area (Å²) in [7, 11) is 0.0736. The van der Waals surface area contributed by atoms with Crippen LogP contribution >= 0.6 is 0 Å². The molecule has 0 heterocycles. The Morgan fingerprint density at radius 1 is 1.15 bits per heavy atom. The van der Waals surface area contributed by atoms with Crippen molar-refractivity contribution in [3.63, 3.8) is 0 Å². The minimum absolute atomic E-state index is 0.0762. The molecule has 0 saturated heterocycles. The molecule has 1 aromatic rings.